The Kier molecular flexibility index (Phi) is 9.39. The van der Waals surface area contributed by atoms with E-state index in [4.69, 9.17) is 13.9 Å². The zero-order chi connectivity index (χ0) is 23.2. The first kappa shape index (κ1) is 26.5. The minimum atomic E-state index is -1.76. The molecule has 1 N–H and O–H groups in total. The molecular formula is C23H41NO5Si. The number of carbonyl (C=O) groups excluding carboxylic acids is 1. The van der Waals surface area contributed by atoms with Crippen molar-refractivity contribution >= 4 is 14.4 Å². The summed E-state index contributed by atoms with van der Waals surface area (Å²) in [5.41, 5.74) is -0.490. The zero-order valence-electron chi connectivity index (χ0n) is 20.2. The van der Waals surface area contributed by atoms with Crippen LogP contribution in [0.1, 0.15) is 54.9 Å². The second-order valence-corrected chi connectivity index (χ2v) is 15.0. The highest BCUT2D eigenvalue weighted by Crippen LogP contribution is 2.36. The fourth-order valence-corrected chi connectivity index (χ4v) is 3.87. The SMILES string of the molecule is CC(CO)N(C(=O)Oc1ccccc1OCCCO[Si](C)(C)C(C)(C)C)C(C)(C)C. The summed E-state index contributed by atoms with van der Waals surface area (Å²) in [4.78, 5) is 14.4. The second kappa shape index (κ2) is 10.6. The summed E-state index contributed by atoms with van der Waals surface area (Å²) in [5, 5.41) is 9.71. The average Bonchev–Trinajstić information content (AvgIpc) is 2.60. The van der Waals surface area contributed by atoms with Gasteiger partial charge in [-0.25, -0.2) is 4.79 Å². The third-order valence-corrected chi connectivity index (χ3v) is 10.0. The molecule has 1 unspecified atom stereocenters. The van der Waals surface area contributed by atoms with Crippen LogP contribution in [-0.4, -0.2) is 55.8 Å². The summed E-state index contributed by atoms with van der Waals surface area (Å²) in [5.74, 6) is 0.885. The molecule has 30 heavy (non-hydrogen) atoms. The number of amides is 1. The third kappa shape index (κ3) is 7.60. The van der Waals surface area contributed by atoms with Crippen molar-refractivity contribution in [1.29, 1.82) is 0 Å². The summed E-state index contributed by atoms with van der Waals surface area (Å²) >= 11 is 0. The molecule has 0 fully saturated rings. The van der Waals surface area contributed by atoms with Gasteiger partial charge in [-0.2, -0.15) is 0 Å². The molecular weight excluding hydrogens is 398 g/mol. The number of benzene rings is 1. The average molecular weight is 440 g/mol. The van der Waals surface area contributed by atoms with Gasteiger partial charge in [-0.05, 0) is 58.0 Å². The van der Waals surface area contributed by atoms with Crippen LogP contribution in [0.5, 0.6) is 11.5 Å². The van der Waals surface area contributed by atoms with E-state index in [1.54, 1.807) is 25.1 Å². The molecule has 1 aromatic carbocycles. The quantitative estimate of drug-likeness (QED) is 0.409. The van der Waals surface area contributed by atoms with Crippen LogP contribution in [0, 0.1) is 0 Å². The van der Waals surface area contributed by atoms with Gasteiger partial charge in [0.25, 0.3) is 0 Å². The second-order valence-electron chi connectivity index (χ2n) is 10.2. The maximum Gasteiger partial charge on any atom is 0.416 e. The van der Waals surface area contributed by atoms with Gasteiger partial charge in [0.05, 0.1) is 19.3 Å². The van der Waals surface area contributed by atoms with E-state index in [0.29, 0.717) is 24.7 Å². The molecule has 1 aromatic rings. The molecule has 6 nitrogen and oxygen atoms in total. The molecule has 1 rings (SSSR count). The number of nitrogens with zero attached hydrogens (tertiary/aromatic N) is 1. The topological polar surface area (TPSA) is 68.2 Å². The molecule has 1 amide bonds. The maximum atomic E-state index is 12.8. The van der Waals surface area contributed by atoms with Crippen LogP contribution in [0.15, 0.2) is 24.3 Å². The van der Waals surface area contributed by atoms with E-state index < -0.39 is 19.9 Å². The molecule has 0 aliphatic heterocycles. The lowest BCUT2D eigenvalue weighted by Gasteiger charge is -2.38. The van der Waals surface area contributed by atoms with Crippen molar-refractivity contribution in [3.63, 3.8) is 0 Å². The van der Waals surface area contributed by atoms with Crippen molar-refractivity contribution in [2.24, 2.45) is 0 Å². The van der Waals surface area contributed by atoms with Crippen LogP contribution in [0.3, 0.4) is 0 Å². The van der Waals surface area contributed by atoms with Crippen LogP contribution in [0.25, 0.3) is 0 Å². The van der Waals surface area contributed by atoms with E-state index in [1.165, 1.54) is 4.90 Å². The molecule has 0 radical (unpaired) electrons. The molecule has 1 atom stereocenters. The molecule has 0 aliphatic rings. The normalized spacial score (nSPS) is 13.7. The Bertz CT molecular complexity index is 679. The molecule has 0 aliphatic carbocycles. The Morgan fingerprint density at radius 2 is 1.63 bits per heavy atom. The number of ether oxygens (including phenoxy) is 2. The summed E-state index contributed by atoms with van der Waals surface area (Å²) in [6.07, 6.45) is 0.242. The number of rotatable bonds is 9. The first-order valence-corrected chi connectivity index (χ1v) is 13.6. The van der Waals surface area contributed by atoms with Gasteiger partial charge < -0.3 is 19.0 Å². The largest absolute Gasteiger partial charge is 0.490 e. The van der Waals surface area contributed by atoms with Crippen LogP contribution in [-0.2, 0) is 4.43 Å². The first-order valence-electron chi connectivity index (χ1n) is 10.7. The van der Waals surface area contributed by atoms with Crippen molar-refractivity contribution in [3.05, 3.63) is 24.3 Å². The molecule has 0 bridgehead atoms. The van der Waals surface area contributed by atoms with E-state index in [2.05, 4.69) is 33.9 Å². The standard InChI is InChI=1S/C23H41NO5Si/c1-18(17-25)24(22(2,3)4)21(26)29-20-14-11-10-13-19(20)27-15-12-16-28-30(8,9)23(5,6)7/h10-11,13-14,18,25H,12,15-17H2,1-9H3. The Labute approximate surface area is 183 Å². The summed E-state index contributed by atoms with van der Waals surface area (Å²) < 4.78 is 17.7. The predicted molar refractivity (Wildman–Crippen MR) is 124 cm³/mol. The fraction of sp³-hybridized carbons (Fsp3) is 0.696. The van der Waals surface area contributed by atoms with Crippen LogP contribution < -0.4 is 9.47 Å². The predicted octanol–water partition coefficient (Wildman–Crippen LogP) is 5.46. The van der Waals surface area contributed by atoms with Gasteiger partial charge >= 0.3 is 6.09 Å². The Hall–Kier alpha value is -1.57. The monoisotopic (exact) mass is 439 g/mol. The lowest BCUT2D eigenvalue weighted by Crippen LogP contribution is -2.53. The van der Waals surface area contributed by atoms with Gasteiger partial charge in [-0.1, -0.05) is 32.9 Å². The summed E-state index contributed by atoms with van der Waals surface area (Å²) in [6, 6.07) is 6.78. The van der Waals surface area contributed by atoms with Crippen molar-refractivity contribution in [2.75, 3.05) is 19.8 Å². The number of aliphatic hydroxyl groups is 1. The van der Waals surface area contributed by atoms with Gasteiger partial charge in [0.1, 0.15) is 0 Å². The Balaban J connectivity index is 2.71. The minimum absolute atomic E-state index is 0.140. The smallest absolute Gasteiger partial charge is 0.416 e. The van der Waals surface area contributed by atoms with Crippen molar-refractivity contribution in [2.45, 2.75) is 84.6 Å². The zero-order valence-corrected chi connectivity index (χ0v) is 21.2. The molecule has 7 heteroatoms. The number of hydrogen-bond acceptors (Lipinski definition) is 5. The minimum Gasteiger partial charge on any atom is -0.490 e. The maximum absolute atomic E-state index is 12.8. The van der Waals surface area contributed by atoms with Crippen molar-refractivity contribution < 1.29 is 23.8 Å². The van der Waals surface area contributed by atoms with E-state index in [0.717, 1.165) is 6.42 Å². The van der Waals surface area contributed by atoms with Gasteiger partial charge in [0, 0.05) is 18.6 Å². The van der Waals surface area contributed by atoms with E-state index in [9.17, 15) is 9.90 Å². The van der Waals surface area contributed by atoms with Gasteiger partial charge in [-0.3, -0.25) is 4.90 Å². The molecule has 0 heterocycles. The van der Waals surface area contributed by atoms with Crippen molar-refractivity contribution in [1.82, 2.24) is 4.90 Å². The van der Waals surface area contributed by atoms with Gasteiger partial charge in [-0.15, -0.1) is 0 Å². The Morgan fingerprint density at radius 1 is 1.07 bits per heavy atom. The highest BCUT2D eigenvalue weighted by molar-refractivity contribution is 6.74. The summed E-state index contributed by atoms with van der Waals surface area (Å²) in [7, 11) is -1.76. The van der Waals surface area contributed by atoms with E-state index in [1.807, 2.05) is 26.8 Å². The van der Waals surface area contributed by atoms with Gasteiger partial charge in [0.15, 0.2) is 19.8 Å². The first-order chi connectivity index (χ1) is 13.7. The fourth-order valence-electron chi connectivity index (χ4n) is 2.78. The molecule has 0 aromatic heterocycles. The van der Waals surface area contributed by atoms with E-state index >= 15 is 0 Å². The molecule has 0 spiro atoms. The van der Waals surface area contributed by atoms with Gasteiger partial charge in [0.2, 0.25) is 0 Å². The lowest BCUT2D eigenvalue weighted by molar-refractivity contribution is 0.0570. The molecule has 0 saturated carbocycles. The molecule has 172 valence electrons. The lowest BCUT2D eigenvalue weighted by atomic mass is 10.0. The highest BCUT2D eigenvalue weighted by atomic mass is 28.4. The Morgan fingerprint density at radius 3 is 2.13 bits per heavy atom. The summed E-state index contributed by atoms with van der Waals surface area (Å²) in [6.45, 7) is 19.6. The number of aliphatic hydroxyl groups excluding tert-OH is 1. The van der Waals surface area contributed by atoms with Crippen LogP contribution in [0.2, 0.25) is 18.1 Å². The van der Waals surface area contributed by atoms with Crippen LogP contribution >= 0.6 is 0 Å². The number of para-hydroxylation sites is 2. The molecule has 0 saturated heterocycles. The number of carbonyl (C=O) groups is 1. The van der Waals surface area contributed by atoms with E-state index in [-0.39, 0.29) is 17.7 Å². The van der Waals surface area contributed by atoms with Crippen LogP contribution in [0.4, 0.5) is 4.79 Å². The van der Waals surface area contributed by atoms with Crippen molar-refractivity contribution in [3.8, 4) is 11.5 Å². The number of hydrogen-bond donors (Lipinski definition) is 1. The third-order valence-electron chi connectivity index (χ3n) is 5.49. The highest BCUT2D eigenvalue weighted by Gasteiger charge is 2.37.